The molecule has 0 amide bonds. The minimum absolute atomic E-state index is 0.0221. The predicted molar refractivity (Wildman–Crippen MR) is 106 cm³/mol. The van der Waals surface area contributed by atoms with E-state index < -0.39 is 5.92 Å². The second-order valence-corrected chi connectivity index (χ2v) is 6.54. The van der Waals surface area contributed by atoms with Gasteiger partial charge >= 0.3 is 0 Å². The Morgan fingerprint density at radius 3 is 2.55 bits per heavy atom. The number of nitrogens with zero attached hydrogens (tertiary/aromatic N) is 5. The molecule has 8 heteroatoms. The molecule has 3 rings (SSSR count). The lowest BCUT2D eigenvalue weighted by Crippen LogP contribution is -2.37. The Kier molecular flexibility index (Phi) is 6.14. The average Bonchev–Trinajstić information content (AvgIpc) is 2.77. The number of nitrogen functional groups attached to an aromatic ring is 1. The standard InChI is InChI=1S/C21H20N6O2/c1-28-16-4-2-3-14(10-16)9-15(11-22)19-17(12-23)20(25)26-21(18(19)13-24)27-5-7-29-8-6-27/h2-4,10,15H,5-9H2,1H3,(H2,25,26)/t15-/m1/s1. The molecule has 0 spiro atoms. The van der Waals surface area contributed by atoms with Gasteiger partial charge in [-0.15, -0.1) is 0 Å². The Balaban J connectivity index is 2.12. The molecular formula is C21H20N6O2. The van der Waals surface area contributed by atoms with Crippen molar-refractivity contribution in [3.05, 3.63) is 46.5 Å². The van der Waals surface area contributed by atoms with Gasteiger partial charge in [0, 0.05) is 18.7 Å². The van der Waals surface area contributed by atoms with E-state index >= 15 is 0 Å². The predicted octanol–water partition coefficient (Wildman–Crippen LogP) is 2.10. The summed E-state index contributed by atoms with van der Waals surface area (Å²) < 4.78 is 10.6. The van der Waals surface area contributed by atoms with E-state index in [1.54, 1.807) is 7.11 Å². The fourth-order valence-corrected chi connectivity index (χ4v) is 3.44. The summed E-state index contributed by atoms with van der Waals surface area (Å²) in [7, 11) is 1.57. The summed E-state index contributed by atoms with van der Waals surface area (Å²) in [5.74, 6) is 0.349. The van der Waals surface area contributed by atoms with Gasteiger partial charge in [0.15, 0.2) is 0 Å². The maximum Gasteiger partial charge on any atom is 0.149 e. The number of ether oxygens (including phenoxy) is 2. The second-order valence-electron chi connectivity index (χ2n) is 6.54. The van der Waals surface area contributed by atoms with Crippen molar-refractivity contribution in [2.45, 2.75) is 12.3 Å². The molecule has 29 heavy (non-hydrogen) atoms. The largest absolute Gasteiger partial charge is 0.497 e. The Morgan fingerprint density at radius 2 is 1.93 bits per heavy atom. The molecule has 1 aliphatic heterocycles. The minimum atomic E-state index is -0.739. The van der Waals surface area contributed by atoms with E-state index in [1.807, 2.05) is 35.2 Å². The zero-order valence-electron chi connectivity index (χ0n) is 16.1. The van der Waals surface area contributed by atoms with Crippen LogP contribution in [0.1, 0.15) is 28.2 Å². The number of hydrogen-bond acceptors (Lipinski definition) is 8. The summed E-state index contributed by atoms with van der Waals surface area (Å²) in [4.78, 5) is 6.23. The van der Waals surface area contributed by atoms with Crippen LogP contribution in [0.3, 0.4) is 0 Å². The van der Waals surface area contributed by atoms with Crippen LogP contribution in [0.2, 0.25) is 0 Å². The number of nitriles is 3. The maximum atomic E-state index is 9.91. The van der Waals surface area contributed by atoms with Gasteiger partial charge < -0.3 is 20.1 Å². The van der Waals surface area contributed by atoms with Crippen LogP contribution >= 0.6 is 0 Å². The van der Waals surface area contributed by atoms with Crippen LogP contribution in [-0.4, -0.2) is 38.4 Å². The number of rotatable bonds is 5. The van der Waals surface area contributed by atoms with Gasteiger partial charge in [-0.3, -0.25) is 0 Å². The summed E-state index contributed by atoms with van der Waals surface area (Å²) >= 11 is 0. The molecule has 1 atom stereocenters. The smallest absolute Gasteiger partial charge is 0.149 e. The lowest BCUT2D eigenvalue weighted by Gasteiger charge is -2.30. The highest BCUT2D eigenvalue weighted by atomic mass is 16.5. The average molecular weight is 388 g/mol. The molecule has 8 nitrogen and oxygen atoms in total. The molecule has 0 aliphatic carbocycles. The van der Waals surface area contributed by atoms with Gasteiger partial charge in [0.1, 0.15) is 40.7 Å². The van der Waals surface area contributed by atoms with E-state index in [0.717, 1.165) is 5.56 Å². The third kappa shape index (κ3) is 4.06. The van der Waals surface area contributed by atoms with E-state index in [0.29, 0.717) is 49.9 Å². The fourth-order valence-electron chi connectivity index (χ4n) is 3.44. The quantitative estimate of drug-likeness (QED) is 0.823. The Hall–Kier alpha value is -3.80. The van der Waals surface area contributed by atoms with Crippen molar-refractivity contribution in [1.82, 2.24) is 4.98 Å². The molecule has 146 valence electrons. The van der Waals surface area contributed by atoms with Crippen LogP contribution in [-0.2, 0) is 11.2 Å². The summed E-state index contributed by atoms with van der Waals surface area (Å²) in [6.07, 6.45) is 0.309. The molecule has 1 fully saturated rings. The number of pyridine rings is 1. The highest BCUT2D eigenvalue weighted by molar-refractivity contribution is 5.70. The number of morpholine rings is 1. The van der Waals surface area contributed by atoms with E-state index in [4.69, 9.17) is 15.2 Å². The second kappa shape index (κ2) is 8.93. The monoisotopic (exact) mass is 388 g/mol. The first-order valence-corrected chi connectivity index (χ1v) is 9.11. The Morgan fingerprint density at radius 1 is 1.21 bits per heavy atom. The number of methoxy groups -OCH3 is 1. The highest BCUT2D eigenvalue weighted by Gasteiger charge is 2.28. The van der Waals surface area contributed by atoms with E-state index in [9.17, 15) is 15.8 Å². The molecule has 0 saturated carbocycles. The van der Waals surface area contributed by atoms with Crippen molar-refractivity contribution in [3.63, 3.8) is 0 Å². The summed E-state index contributed by atoms with van der Waals surface area (Å²) in [5, 5.41) is 29.5. The van der Waals surface area contributed by atoms with Gasteiger partial charge in [-0.25, -0.2) is 4.98 Å². The van der Waals surface area contributed by atoms with E-state index in [-0.39, 0.29) is 16.9 Å². The first-order chi connectivity index (χ1) is 14.1. The molecule has 1 saturated heterocycles. The number of hydrogen-bond donors (Lipinski definition) is 1. The number of benzene rings is 1. The maximum absolute atomic E-state index is 9.91. The third-order valence-electron chi connectivity index (χ3n) is 4.86. The van der Waals surface area contributed by atoms with Gasteiger partial charge in [-0.1, -0.05) is 12.1 Å². The zero-order valence-corrected chi connectivity index (χ0v) is 16.1. The molecule has 2 heterocycles. The number of anilines is 2. The molecule has 0 radical (unpaired) electrons. The number of nitrogens with two attached hydrogens (primary N) is 1. The van der Waals surface area contributed by atoms with Crippen LogP contribution in [0.4, 0.5) is 11.6 Å². The van der Waals surface area contributed by atoms with Crippen molar-refractivity contribution >= 4 is 11.6 Å². The fraction of sp³-hybridized carbons (Fsp3) is 0.333. The molecule has 2 aromatic rings. The van der Waals surface area contributed by atoms with Gasteiger partial charge in [0.25, 0.3) is 0 Å². The van der Waals surface area contributed by atoms with Gasteiger partial charge in [-0.05, 0) is 24.1 Å². The van der Waals surface area contributed by atoms with Gasteiger partial charge in [0.05, 0.1) is 32.3 Å². The third-order valence-corrected chi connectivity index (χ3v) is 4.86. The zero-order chi connectivity index (χ0) is 20.8. The Bertz CT molecular complexity index is 1030. The highest BCUT2D eigenvalue weighted by Crippen LogP contribution is 2.35. The van der Waals surface area contributed by atoms with Gasteiger partial charge in [0.2, 0.25) is 0 Å². The summed E-state index contributed by atoms with van der Waals surface area (Å²) in [5.41, 5.74) is 7.54. The van der Waals surface area contributed by atoms with Crippen molar-refractivity contribution in [3.8, 4) is 24.0 Å². The minimum Gasteiger partial charge on any atom is -0.497 e. The van der Waals surface area contributed by atoms with Crippen LogP contribution in [0, 0.1) is 34.0 Å². The first kappa shape index (κ1) is 19.9. The van der Waals surface area contributed by atoms with Crippen LogP contribution in [0.25, 0.3) is 0 Å². The van der Waals surface area contributed by atoms with Crippen LogP contribution in [0.5, 0.6) is 5.75 Å². The SMILES string of the molecule is COc1cccc(C[C@H](C#N)c2c(C#N)c(N)nc(N3CCOCC3)c2C#N)c1. The van der Waals surface area contributed by atoms with Crippen LogP contribution < -0.4 is 15.4 Å². The summed E-state index contributed by atoms with van der Waals surface area (Å²) in [6.45, 7) is 2.12. The van der Waals surface area contributed by atoms with Crippen molar-refractivity contribution in [1.29, 1.82) is 15.8 Å². The van der Waals surface area contributed by atoms with Crippen molar-refractivity contribution in [2.75, 3.05) is 44.0 Å². The first-order valence-electron chi connectivity index (χ1n) is 9.11. The lowest BCUT2D eigenvalue weighted by molar-refractivity contribution is 0.122. The van der Waals surface area contributed by atoms with Gasteiger partial charge in [-0.2, -0.15) is 15.8 Å². The van der Waals surface area contributed by atoms with Crippen molar-refractivity contribution < 1.29 is 9.47 Å². The topological polar surface area (TPSA) is 132 Å². The van der Waals surface area contributed by atoms with Crippen LogP contribution in [0.15, 0.2) is 24.3 Å². The molecule has 1 aliphatic rings. The summed E-state index contributed by atoms with van der Waals surface area (Å²) in [6, 6.07) is 13.8. The number of aromatic nitrogens is 1. The van der Waals surface area contributed by atoms with E-state index in [2.05, 4.69) is 17.1 Å². The molecular weight excluding hydrogens is 368 g/mol. The molecule has 0 unspecified atom stereocenters. The molecule has 2 N–H and O–H groups in total. The Labute approximate surface area is 169 Å². The lowest BCUT2D eigenvalue weighted by atomic mass is 9.87. The van der Waals surface area contributed by atoms with Crippen molar-refractivity contribution in [2.24, 2.45) is 0 Å². The van der Waals surface area contributed by atoms with E-state index in [1.165, 1.54) is 0 Å². The molecule has 1 aromatic carbocycles. The molecule has 1 aromatic heterocycles. The normalized spacial score (nSPS) is 14.3. The molecule has 0 bridgehead atoms.